The molecule has 2 saturated heterocycles. The maximum absolute atomic E-state index is 10.1. The van der Waals surface area contributed by atoms with Gasteiger partial charge in [0, 0.05) is 17.7 Å². The Morgan fingerprint density at radius 1 is 0.750 bits per heavy atom. The average molecular weight is 584 g/mol. The van der Waals surface area contributed by atoms with Crippen LogP contribution in [-0.4, -0.2) is 40.2 Å². The highest BCUT2D eigenvalue weighted by Gasteiger charge is 2.23. The minimum Gasteiger partial charge on any atom is -0.480 e. The summed E-state index contributed by atoms with van der Waals surface area (Å²) < 4.78 is 0. The number of aliphatic carboxylic acids is 1. The molecule has 7 nitrogen and oxygen atoms in total. The highest BCUT2D eigenvalue weighted by atomic mass is 16.4. The molecule has 3 heterocycles. The molecule has 44 heavy (non-hydrogen) atoms. The molecule has 222 valence electrons. The first-order valence-electron chi connectivity index (χ1n) is 15.5. The minimum absolute atomic E-state index is 0.269. The number of nitrogens with two attached hydrogens (primary N) is 1. The summed E-state index contributed by atoms with van der Waals surface area (Å²) in [6, 6.07) is 30.5. The largest absolute Gasteiger partial charge is 0.480 e. The lowest BCUT2D eigenvalue weighted by atomic mass is 9.95. The molecule has 6 N–H and O–H groups in total. The number of nitrogen functional groups attached to an aromatic ring is 1. The summed E-state index contributed by atoms with van der Waals surface area (Å²) >= 11 is 0. The zero-order valence-corrected chi connectivity index (χ0v) is 24.6. The molecule has 0 radical (unpaired) electrons. The second-order valence-corrected chi connectivity index (χ2v) is 11.9. The van der Waals surface area contributed by atoms with Gasteiger partial charge >= 0.3 is 5.97 Å². The lowest BCUT2D eigenvalue weighted by Crippen LogP contribution is -2.29. The smallest absolute Gasteiger partial charge is 0.320 e. The van der Waals surface area contributed by atoms with Gasteiger partial charge in [-0.15, -0.1) is 0 Å². The Morgan fingerprint density at radius 3 is 2.07 bits per heavy atom. The number of hydrogen-bond acceptors (Lipinski definition) is 5. The maximum Gasteiger partial charge on any atom is 0.320 e. The van der Waals surface area contributed by atoms with Crippen LogP contribution in [0, 0.1) is 0 Å². The van der Waals surface area contributed by atoms with Gasteiger partial charge in [0.15, 0.2) is 0 Å². The van der Waals surface area contributed by atoms with Gasteiger partial charge in [-0.25, -0.2) is 4.98 Å². The van der Waals surface area contributed by atoms with E-state index < -0.39 is 5.97 Å². The van der Waals surface area contributed by atoms with Crippen molar-refractivity contribution in [1.29, 1.82) is 0 Å². The second kappa shape index (κ2) is 12.1. The zero-order chi connectivity index (χ0) is 30.0. The van der Waals surface area contributed by atoms with Gasteiger partial charge in [-0.3, -0.25) is 4.79 Å². The molecule has 5 aromatic rings. The second-order valence-electron chi connectivity index (χ2n) is 11.9. The van der Waals surface area contributed by atoms with E-state index in [0.717, 1.165) is 72.7 Å². The standard InChI is InChI=1S/C32H28N4.C5H9NO2/c33-31-26(15-16-27-25-5-2-1-4-24(25)18-28(27)31)22-11-7-20(8-12-22)21-9-13-23(14-10-21)30-19-35-32(36-30)29-6-3-17-34-29;7-5(8)4-2-1-3-6-4/h1-2,4-5,7-16,19,29,34H,3,6,17-18,33H2,(H,35,36);4,6H,1-3H2,(H,7,8). The van der Waals surface area contributed by atoms with E-state index in [2.05, 4.69) is 106 Å². The molecule has 7 heteroatoms. The SMILES string of the molecule is Nc1c(-c2ccc(-c3ccc(-c4cnc(C5CCCN5)[nH]4)cc3)cc2)ccc2c1Cc1ccccc1-2.O=C(O)C1CCCN1. The molecule has 2 fully saturated rings. The van der Waals surface area contributed by atoms with E-state index in [-0.39, 0.29) is 6.04 Å². The maximum atomic E-state index is 10.1. The molecule has 0 spiro atoms. The lowest BCUT2D eigenvalue weighted by Gasteiger charge is -2.12. The van der Waals surface area contributed by atoms with Crippen LogP contribution in [-0.2, 0) is 11.2 Å². The number of nitrogens with zero attached hydrogens (tertiary/aromatic N) is 1. The molecule has 0 bridgehead atoms. The first kappa shape index (κ1) is 28.1. The summed E-state index contributed by atoms with van der Waals surface area (Å²) in [4.78, 5) is 18.2. The van der Waals surface area contributed by atoms with Crippen molar-refractivity contribution < 1.29 is 9.90 Å². The van der Waals surface area contributed by atoms with Crippen LogP contribution in [0.25, 0.3) is 44.6 Å². The van der Waals surface area contributed by atoms with Gasteiger partial charge in [0.05, 0.1) is 17.9 Å². The van der Waals surface area contributed by atoms with Crippen molar-refractivity contribution in [3.8, 4) is 44.6 Å². The van der Waals surface area contributed by atoms with Gasteiger partial charge < -0.3 is 26.5 Å². The Kier molecular flexibility index (Phi) is 7.73. The molecule has 2 aliphatic heterocycles. The van der Waals surface area contributed by atoms with Crippen molar-refractivity contribution in [2.45, 2.75) is 44.2 Å². The average Bonchev–Trinajstić information content (AvgIpc) is 3.89. The lowest BCUT2D eigenvalue weighted by molar-refractivity contribution is -0.139. The molecular formula is C37H37N5O2. The van der Waals surface area contributed by atoms with Crippen molar-refractivity contribution in [3.63, 3.8) is 0 Å². The fourth-order valence-corrected chi connectivity index (χ4v) is 6.65. The number of aromatic nitrogens is 2. The Labute approximate surface area is 257 Å². The third-order valence-corrected chi connectivity index (χ3v) is 9.10. The Hall–Kier alpha value is -4.72. The van der Waals surface area contributed by atoms with E-state index in [1.807, 2.05) is 6.20 Å². The number of aromatic amines is 1. The molecule has 1 aromatic heterocycles. The third-order valence-electron chi connectivity index (χ3n) is 9.10. The number of rotatable bonds is 5. The van der Waals surface area contributed by atoms with E-state index in [0.29, 0.717) is 6.04 Å². The Balaban J connectivity index is 0.000000342. The first-order chi connectivity index (χ1) is 21.5. The van der Waals surface area contributed by atoms with Crippen LogP contribution >= 0.6 is 0 Å². The van der Waals surface area contributed by atoms with Gasteiger partial charge in [0.1, 0.15) is 11.9 Å². The summed E-state index contributed by atoms with van der Waals surface area (Å²) in [6.45, 7) is 1.93. The quantitative estimate of drug-likeness (QED) is 0.142. The number of carbonyl (C=O) groups is 1. The highest BCUT2D eigenvalue weighted by Crippen LogP contribution is 2.43. The molecule has 0 saturated carbocycles. The molecular weight excluding hydrogens is 546 g/mol. The van der Waals surface area contributed by atoms with Gasteiger partial charge in [0.2, 0.25) is 0 Å². The number of carboxylic acids is 1. The normalized spacial score (nSPS) is 18.4. The number of nitrogens with one attached hydrogen (secondary N) is 3. The molecule has 8 rings (SSSR count). The van der Waals surface area contributed by atoms with Crippen molar-refractivity contribution in [2.75, 3.05) is 18.8 Å². The van der Waals surface area contributed by atoms with Gasteiger partial charge in [-0.05, 0) is 83.3 Å². The monoisotopic (exact) mass is 583 g/mol. The predicted molar refractivity (Wildman–Crippen MR) is 176 cm³/mol. The number of anilines is 1. The fraction of sp³-hybridized carbons (Fsp3) is 0.243. The van der Waals surface area contributed by atoms with Gasteiger partial charge in [-0.2, -0.15) is 0 Å². The minimum atomic E-state index is -0.720. The summed E-state index contributed by atoms with van der Waals surface area (Å²) in [6.07, 6.45) is 6.99. The van der Waals surface area contributed by atoms with E-state index in [9.17, 15) is 4.79 Å². The third kappa shape index (κ3) is 5.52. The van der Waals surface area contributed by atoms with E-state index in [1.54, 1.807) is 0 Å². The van der Waals surface area contributed by atoms with Crippen LogP contribution in [0.15, 0.2) is 91.1 Å². The van der Waals surface area contributed by atoms with Gasteiger partial charge in [-0.1, -0.05) is 84.9 Å². The Morgan fingerprint density at radius 2 is 1.41 bits per heavy atom. The Bertz CT molecular complexity index is 1780. The molecule has 2 unspecified atom stereocenters. The molecule has 3 aliphatic rings. The van der Waals surface area contributed by atoms with Crippen molar-refractivity contribution in [1.82, 2.24) is 20.6 Å². The van der Waals surface area contributed by atoms with Crippen molar-refractivity contribution >= 4 is 11.7 Å². The van der Waals surface area contributed by atoms with E-state index >= 15 is 0 Å². The fourth-order valence-electron chi connectivity index (χ4n) is 6.65. The summed E-state index contributed by atoms with van der Waals surface area (Å²) in [5, 5.41) is 14.7. The van der Waals surface area contributed by atoms with Crippen LogP contribution in [0.5, 0.6) is 0 Å². The van der Waals surface area contributed by atoms with Gasteiger partial charge in [0.25, 0.3) is 0 Å². The summed E-state index contributed by atoms with van der Waals surface area (Å²) in [7, 11) is 0. The van der Waals surface area contributed by atoms with E-state index in [1.165, 1.54) is 39.8 Å². The van der Waals surface area contributed by atoms with Crippen LogP contribution < -0.4 is 16.4 Å². The van der Waals surface area contributed by atoms with Crippen LogP contribution in [0.2, 0.25) is 0 Å². The summed E-state index contributed by atoms with van der Waals surface area (Å²) in [5.41, 5.74) is 19.6. The molecule has 2 atom stereocenters. The predicted octanol–water partition coefficient (Wildman–Crippen LogP) is 6.81. The van der Waals surface area contributed by atoms with Crippen molar-refractivity contribution in [3.05, 3.63) is 108 Å². The number of fused-ring (bicyclic) bond motifs is 3. The zero-order valence-electron chi connectivity index (χ0n) is 24.6. The molecule has 4 aromatic carbocycles. The number of H-pyrrole nitrogens is 1. The number of hydrogen-bond donors (Lipinski definition) is 5. The van der Waals surface area contributed by atoms with Crippen LogP contribution in [0.3, 0.4) is 0 Å². The van der Waals surface area contributed by atoms with Crippen molar-refractivity contribution in [2.24, 2.45) is 0 Å². The first-order valence-corrected chi connectivity index (χ1v) is 15.5. The molecule has 1 aliphatic carbocycles. The highest BCUT2D eigenvalue weighted by molar-refractivity contribution is 5.89. The molecule has 0 amide bonds. The number of carboxylic acid groups (broad SMARTS) is 1. The van der Waals surface area contributed by atoms with Crippen LogP contribution in [0.1, 0.15) is 48.7 Å². The van der Waals surface area contributed by atoms with Crippen LogP contribution in [0.4, 0.5) is 5.69 Å². The topological polar surface area (TPSA) is 116 Å². The number of benzene rings is 4. The van der Waals surface area contributed by atoms with E-state index in [4.69, 9.17) is 10.8 Å². The number of imidazole rings is 1. The summed E-state index contributed by atoms with van der Waals surface area (Å²) in [5.74, 6) is 0.319.